The summed E-state index contributed by atoms with van der Waals surface area (Å²) in [6, 6.07) is 0. The van der Waals surface area contributed by atoms with Crippen molar-refractivity contribution in [1.82, 2.24) is 25.0 Å². The third kappa shape index (κ3) is 4.17. The van der Waals surface area contributed by atoms with Gasteiger partial charge in [0.25, 0.3) is 0 Å². The Labute approximate surface area is 144 Å². The van der Waals surface area contributed by atoms with Gasteiger partial charge in [-0.1, -0.05) is 5.16 Å². The Kier molecular flexibility index (Phi) is 5.32. The van der Waals surface area contributed by atoms with E-state index in [1.807, 2.05) is 0 Å². The van der Waals surface area contributed by atoms with Crippen LogP contribution in [-0.2, 0) is 20.7 Å². The maximum Gasteiger partial charge on any atom is 0.397 e. The fourth-order valence-corrected chi connectivity index (χ4v) is 2.84. The molecule has 0 saturated carbocycles. The van der Waals surface area contributed by atoms with Crippen LogP contribution in [-0.4, -0.2) is 56.6 Å². The third-order valence-corrected chi connectivity index (χ3v) is 3.98. The number of carbonyl (C=O) groups excluding carboxylic acids is 2. The number of ether oxygens (including phenoxy) is 1. The van der Waals surface area contributed by atoms with Gasteiger partial charge in [0, 0.05) is 31.9 Å². The van der Waals surface area contributed by atoms with Gasteiger partial charge in [-0.3, -0.25) is 9.78 Å². The van der Waals surface area contributed by atoms with E-state index < -0.39 is 11.9 Å². The van der Waals surface area contributed by atoms with Gasteiger partial charge in [0.05, 0.1) is 12.8 Å². The van der Waals surface area contributed by atoms with Crippen molar-refractivity contribution in [2.45, 2.75) is 26.2 Å². The molecule has 1 fully saturated rings. The lowest BCUT2D eigenvalue weighted by Gasteiger charge is -2.31. The highest BCUT2D eigenvalue weighted by Gasteiger charge is 2.29. The predicted molar refractivity (Wildman–Crippen MR) is 85.0 cm³/mol. The smallest absolute Gasteiger partial charge is 0.397 e. The average molecular weight is 345 g/mol. The molecule has 25 heavy (non-hydrogen) atoms. The number of nitrogens with zero attached hydrogens (tertiary/aromatic N) is 5. The molecule has 9 nitrogen and oxygen atoms in total. The van der Waals surface area contributed by atoms with Crippen LogP contribution in [0.15, 0.2) is 23.1 Å². The number of aromatic nitrogens is 4. The molecule has 3 rings (SSSR count). The topological polar surface area (TPSA) is 111 Å². The van der Waals surface area contributed by atoms with Gasteiger partial charge in [-0.05, 0) is 25.7 Å². The molecule has 2 aromatic rings. The van der Waals surface area contributed by atoms with E-state index in [-0.39, 0.29) is 12.5 Å². The van der Waals surface area contributed by atoms with Crippen molar-refractivity contribution in [2.24, 2.45) is 5.92 Å². The lowest BCUT2D eigenvalue weighted by atomic mass is 9.94. The Morgan fingerprint density at radius 3 is 3.04 bits per heavy atom. The highest BCUT2D eigenvalue weighted by molar-refractivity contribution is 6.32. The summed E-state index contributed by atoms with van der Waals surface area (Å²) in [7, 11) is 0. The van der Waals surface area contributed by atoms with Crippen molar-refractivity contribution in [3.8, 4) is 11.5 Å². The first-order valence-corrected chi connectivity index (χ1v) is 8.22. The number of hydrogen-bond acceptors (Lipinski definition) is 8. The van der Waals surface area contributed by atoms with Crippen LogP contribution in [0.4, 0.5) is 0 Å². The summed E-state index contributed by atoms with van der Waals surface area (Å²) < 4.78 is 10.1. The largest absolute Gasteiger partial charge is 0.459 e. The monoisotopic (exact) mass is 345 g/mol. The highest BCUT2D eigenvalue weighted by Crippen LogP contribution is 2.21. The molecule has 0 spiro atoms. The van der Waals surface area contributed by atoms with Gasteiger partial charge in [0.2, 0.25) is 11.7 Å². The minimum atomic E-state index is -0.800. The molecular formula is C16H19N5O4. The molecule has 0 radical (unpaired) electrons. The van der Waals surface area contributed by atoms with Crippen LogP contribution in [0.2, 0.25) is 0 Å². The minimum Gasteiger partial charge on any atom is -0.459 e. The Balaban J connectivity index is 1.61. The molecule has 0 bridgehead atoms. The van der Waals surface area contributed by atoms with E-state index in [9.17, 15) is 9.59 Å². The molecule has 1 atom stereocenters. The number of hydrogen-bond donors (Lipinski definition) is 0. The van der Waals surface area contributed by atoms with Crippen LogP contribution in [0.25, 0.3) is 11.5 Å². The van der Waals surface area contributed by atoms with Crippen molar-refractivity contribution < 1.29 is 18.8 Å². The molecule has 0 aromatic carbocycles. The predicted octanol–water partition coefficient (Wildman–Crippen LogP) is 0.871. The van der Waals surface area contributed by atoms with E-state index >= 15 is 0 Å². The summed E-state index contributed by atoms with van der Waals surface area (Å²) in [6.07, 6.45) is 6.98. The Morgan fingerprint density at radius 2 is 2.28 bits per heavy atom. The first kappa shape index (κ1) is 17.0. The minimum absolute atomic E-state index is 0.155. The molecule has 3 heterocycles. The summed E-state index contributed by atoms with van der Waals surface area (Å²) in [4.78, 5) is 37.6. The van der Waals surface area contributed by atoms with E-state index in [4.69, 9.17) is 9.26 Å². The number of likely N-dealkylation sites (tertiary alicyclic amines) is 1. The lowest BCUT2D eigenvalue weighted by Crippen LogP contribution is -2.44. The molecule has 1 amide bonds. The third-order valence-electron chi connectivity index (χ3n) is 3.98. The number of rotatable bonds is 4. The van der Waals surface area contributed by atoms with Gasteiger partial charge in [-0.2, -0.15) is 4.98 Å². The van der Waals surface area contributed by atoms with Crippen molar-refractivity contribution in [3.63, 3.8) is 0 Å². The maximum atomic E-state index is 12.1. The maximum absolute atomic E-state index is 12.1. The second-order valence-electron chi connectivity index (χ2n) is 5.79. The quantitative estimate of drug-likeness (QED) is 0.593. The average Bonchev–Trinajstić information content (AvgIpc) is 3.11. The first-order valence-electron chi connectivity index (χ1n) is 8.22. The first-order chi connectivity index (χ1) is 12.2. The number of piperidine rings is 1. The molecule has 9 heteroatoms. The molecule has 1 unspecified atom stereocenters. The molecule has 0 N–H and O–H groups in total. The molecule has 2 aromatic heterocycles. The van der Waals surface area contributed by atoms with Gasteiger partial charge in [-0.15, -0.1) is 0 Å². The molecule has 1 saturated heterocycles. The Morgan fingerprint density at radius 1 is 1.40 bits per heavy atom. The lowest BCUT2D eigenvalue weighted by molar-refractivity contribution is -0.160. The van der Waals surface area contributed by atoms with Gasteiger partial charge in [-0.25, -0.2) is 9.78 Å². The Hall–Kier alpha value is -2.84. The van der Waals surface area contributed by atoms with E-state index in [0.29, 0.717) is 36.9 Å². The second-order valence-corrected chi connectivity index (χ2v) is 5.79. The second kappa shape index (κ2) is 7.82. The molecular weight excluding hydrogens is 326 g/mol. The SMILES string of the molecule is CCOC(=O)C(=O)N1CCCC(Cc2nc(-c3cnccn3)no2)C1. The van der Waals surface area contributed by atoms with Gasteiger partial charge >= 0.3 is 11.9 Å². The fraction of sp³-hybridized carbons (Fsp3) is 0.500. The zero-order valence-corrected chi connectivity index (χ0v) is 13.9. The molecule has 132 valence electrons. The van der Waals surface area contributed by atoms with Crippen LogP contribution in [0, 0.1) is 5.92 Å². The number of amides is 1. The van der Waals surface area contributed by atoms with E-state index in [1.165, 1.54) is 4.90 Å². The van der Waals surface area contributed by atoms with Crippen molar-refractivity contribution in [2.75, 3.05) is 19.7 Å². The number of esters is 1. The fourth-order valence-electron chi connectivity index (χ4n) is 2.84. The number of carbonyl (C=O) groups is 2. The van der Waals surface area contributed by atoms with Crippen LogP contribution in [0.1, 0.15) is 25.7 Å². The summed E-state index contributed by atoms with van der Waals surface area (Å²) in [6.45, 7) is 2.90. The van der Waals surface area contributed by atoms with E-state index in [0.717, 1.165) is 12.8 Å². The van der Waals surface area contributed by atoms with Crippen molar-refractivity contribution in [3.05, 3.63) is 24.5 Å². The van der Waals surface area contributed by atoms with Crippen LogP contribution >= 0.6 is 0 Å². The summed E-state index contributed by atoms with van der Waals surface area (Å²) >= 11 is 0. The zero-order valence-electron chi connectivity index (χ0n) is 13.9. The van der Waals surface area contributed by atoms with Gasteiger partial charge in [0.1, 0.15) is 5.69 Å². The van der Waals surface area contributed by atoms with E-state index in [1.54, 1.807) is 25.5 Å². The normalized spacial score (nSPS) is 17.3. The zero-order chi connectivity index (χ0) is 17.6. The van der Waals surface area contributed by atoms with Crippen LogP contribution in [0.3, 0.4) is 0 Å². The standard InChI is InChI=1S/C16H19N5O4/c1-2-24-16(23)15(22)21-7-3-4-11(10-21)8-13-19-14(20-25-13)12-9-17-5-6-18-12/h5-6,9,11H,2-4,7-8,10H2,1H3. The van der Waals surface area contributed by atoms with E-state index in [2.05, 4.69) is 20.1 Å². The molecule has 1 aliphatic heterocycles. The summed E-state index contributed by atoms with van der Waals surface area (Å²) in [5, 5.41) is 3.92. The van der Waals surface area contributed by atoms with Gasteiger partial charge in [0.15, 0.2) is 0 Å². The highest BCUT2D eigenvalue weighted by atomic mass is 16.5. The van der Waals surface area contributed by atoms with Gasteiger partial charge < -0.3 is 14.2 Å². The van der Waals surface area contributed by atoms with Crippen molar-refractivity contribution >= 4 is 11.9 Å². The summed E-state index contributed by atoms with van der Waals surface area (Å²) in [5.41, 5.74) is 0.542. The molecule has 0 aliphatic carbocycles. The van der Waals surface area contributed by atoms with Crippen LogP contribution < -0.4 is 0 Å². The van der Waals surface area contributed by atoms with Crippen LogP contribution in [0.5, 0.6) is 0 Å². The Bertz CT molecular complexity index is 733. The summed E-state index contributed by atoms with van der Waals surface area (Å²) in [5.74, 6) is -0.361. The van der Waals surface area contributed by atoms with Crippen molar-refractivity contribution in [1.29, 1.82) is 0 Å². The molecule has 1 aliphatic rings.